The lowest BCUT2D eigenvalue weighted by Gasteiger charge is -2.06. The summed E-state index contributed by atoms with van der Waals surface area (Å²) in [6.07, 6.45) is 6.77. The third kappa shape index (κ3) is 2.20. The third-order valence-electron chi connectivity index (χ3n) is 1.74. The Morgan fingerprint density at radius 1 is 1.50 bits per heavy atom. The van der Waals surface area contributed by atoms with Gasteiger partial charge in [0.15, 0.2) is 0 Å². The molecule has 1 N–H and O–H groups in total. The number of hydrogen-bond acceptors (Lipinski definition) is 2. The first-order valence-electron chi connectivity index (χ1n) is 3.66. The molecule has 1 aliphatic carbocycles. The van der Waals surface area contributed by atoms with Gasteiger partial charge in [-0.3, -0.25) is 0 Å². The molecular formula is C8H12N2. The molecule has 1 rings (SSSR count). The first-order valence-corrected chi connectivity index (χ1v) is 3.66. The number of rotatable bonds is 3. The van der Waals surface area contributed by atoms with Crippen LogP contribution in [0.1, 0.15) is 12.8 Å². The van der Waals surface area contributed by atoms with Crippen LogP contribution in [0.25, 0.3) is 0 Å². The Kier molecular flexibility index (Phi) is 2.98. The maximum Gasteiger partial charge on any atom is 0.0841 e. The molecule has 54 valence electrons. The summed E-state index contributed by atoms with van der Waals surface area (Å²) in [5.74, 6) is 0.744. The minimum atomic E-state index is 0.483. The van der Waals surface area contributed by atoms with Gasteiger partial charge in [-0.05, 0) is 25.3 Å². The van der Waals surface area contributed by atoms with Crippen molar-refractivity contribution in [1.29, 1.82) is 5.26 Å². The van der Waals surface area contributed by atoms with Crippen molar-refractivity contribution in [2.45, 2.75) is 12.8 Å². The normalized spacial score (nSPS) is 17.5. The average Bonchev–Trinajstić information content (AvgIpc) is 2.41. The van der Waals surface area contributed by atoms with E-state index in [2.05, 4.69) is 23.5 Å². The van der Waals surface area contributed by atoms with Gasteiger partial charge in [0, 0.05) is 0 Å². The van der Waals surface area contributed by atoms with Gasteiger partial charge in [0.05, 0.1) is 12.6 Å². The van der Waals surface area contributed by atoms with E-state index in [-0.39, 0.29) is 0 Å². The molecule has 0 aromatic rings. The third-order valence-corrected chi connectivity index (χ3v) is 1.74. The van der Waals surface area contributed by atoms with E-state index in [0.29, 0.717) is 6.54 Å². The maximum absolute atomic E-state index is 8.21. The van der Waals surface area contributed by atoms with E-state index in [0.717, 1.165) is 12.5 Å². The molecule has 0 spiro atoms. The summed E-state index contributed by atoms with van der Waals surface area (Å²) in [6, 6.07) is 2.06. The lowest BCUT2D eigenvalue weighted by molar-refractivity contribution is 0.522. The van der Waals surface area contributed by atoms with Crippen molar-refractivity contribution in [1.82, 2.24) is 5.32 Å². The standard InChI is InChI=1S/C8H12N2/c9-5-6-10-7-8-3-1-2-4-8/h1-2,8,10H,3-4,6-7H2. The van der Waals surface area contributed by atoms with Crippen LogP contribution in [0.4, 0.5) is 0 Å². The van der Waals surface area contributed by atoms with Crippen LogP contribution in [-0.4, -0.2) is 13.1 Å². The highest BCUT2D eigenvalue weighted by Gasteiger charge is 2.08. The van der Waals surface area contributed by atoms with E-state index in [1.54, 1.807) is 0 Å². The predicted molar refractivity (Wildman–Crippen MR) is 40.3 cm³/mol. The zero-order valence-corrected chi connectivity index (χ0v) is 6.01. The van der Waals surface area contributed by atoms with Crippen molar-refractivity contribution in [2.75, 3.05) is 13.1 Å². The highest BCUT2D eigenvalue weighted by atomic mass is 14.8. The fourth-order valence-electron chi connectivity index (χ4n) is 1.17. The van der Waals surface area contributed by atoms with Gasteiger partial charge in [0.2, 0.25) is 0 Å². The molecule has 1 aliphatic rings. The molecule has 0 fully saturated rings. The second kappa shape index (κ2) is 4.08. The molecule has 0 saturated carbocycles. The summed E-state index contributed by atoms with van der Waals surface area (Å²) in [6.45, 7) is 1.47. The summed E-state index contributed by atoms with van der Waals surface area (Å²) in [7, 11) is 0. The number of nitrogens with one attached hydrogen (secondary N) is 1. The average molecular weight is 136 g/mol. The second-order valence-corrected chi connectivity index (χ2v) is 2.60. The first-order chi connectivity index (χ1) is 4.93. The molecule has 0 amide bonds. The van der Waals surface area contributed by atoms with Crippen molar-refractivity contribution in [3.63, 3.8) is 0 Å². The van der Waals surface area contributed by atoms with Crippen LogP contribution in [0.2, 0.25) is 0 Å². The van der Waals surface area contributed by atoms with Crippen LogP contribution in [-0.2, 0) is 0 Å². The lowest BCUT2D eigenvalue weighted by atomic mass is 10.1. The van der Waals surface area contributed by atoms with Crippen LogP contribution in [0.3, 0.4) is 0 Å². The minimum absolute atomic E-state index is 0.483. The summed E-state index contributed by atoms with van der Waals surface area (Å²) < 4.78 is 0. The maximum atomic E-state index is 8.21. The fraction of sp³-hybridized carbons (Fsp3) is 0.625. The van der Waals surface area contributed by atoms with Gasteiger partial charge in [0.25, 0.3) is 0 Å². The van der Waals surface area contributed by atoms with Gasteiger partial charge >= 0.3 is 0 Å². The zero-order valence-electron chi connectivity index (χ0n) is 6.01. The SMILES string of the molecule is N#CCNCC1CC=CC1. The van der Waals surface area contributed by atoms with Crippen molar-refractivity contribution in [3.05, 3.63) is 12.2 Å². The zero-order chi connectivity index (χ0) is 7.23. The van der Waals surface area contributed by atoms with Crippen LogP contribution >= 0.6 is 0 Å². The molecule has 0 atom stereocenters. The molecule has 0 radical (unpaired) electrons. The van der Waals surface area contributed by atoms with E-state index in [9.17, 15) is 0 Å². The smallest absolute Gasteiger partial charge is 0.0841 e. The first kappa shape index (κ1) is 7.30. The number of hydrogen-bond donors (Lipinski definition) is 1. The Labute approximate surface area is 61.5 Å². The van der Waals surface area contributed by atoms with Crippen LogP contribution < -0.4 is 5.32 Å². The second-order valence-electron chi connectivity index (χ2n) is 2.60. The Morgan fingerprint density at radius 2 is 2.20 bits per heavy atom. The lowest BCUT2D eigenvalue weighted by Crippen LogP contribution is -2.21. The quantitative estimate of drug-likeness (QED) is 0.358. The van der Waals surface area contributed by atoms with Gasteiger partial charge in [-0.2, -0.15) is 5.26 Å². The van der Waals surface area contributed by atoms with Crippen molar-refractivity contribution >= 4 is 0 Å². The molecule has 0 bridgehead atoms. The Morgan fingerprint density at radius 3 is 2.80 bits per heavy atom. The predicted octanol–water partition coefficient (Wildman–Crippen LogP) is 1.07. The molecule has 2 heteroatoms. The monoisotopic (exact) mass is 136 g/mol. The Hall–Kier alpha value is -0.810. The van der Waals surface area contributed by atoms with Gasteiger partial charge in [-0.1, -0.05) is 12.2 Å². The highest BCUT2D eigenvalue weighted by Crippen LogP contribution is 2.15. The molecule has 0 aromatic carbocycles. The molecule has 2 nitrogen and oxygen atoms in total. The van der Waals surface area contributed by atoms with E-state index in [1.165, 1.54) is 12.8 Å². The summed E-state index contributed by atoms with van der Waals surface area (Å²) in [5.41, 5.74) is 0. The number of nitrogens with zero attached hydrogens (tertiary/aromatic N) is 1. The van der Waals surface area contributed by atoms with Gasteiger partial charge in [-0.15, -0.1) is 0 Å². The summed E-state index contributed by atoms with van der Waals surface area (Å²) in [5, 5.41) is 11.3. The van der Waals surface area contributed by atoms with Crippen molar-refractivity contribution in [2.24, 2.45) is 5.92 Å². The van der Waals surface area contributed by atoms with Gasteiger partial charge in [0.1, 0.15) is 0 Å². The van der Waals surface area contributed by atoms with Crippen LogP contribution in [0, 0.1) is 17.2 Å². The molecule has 0 unspecified atom stereocenters. The molecule has 0 aromatic heterocycles. The largest absolute Gasteiger partial charge is 0.304 e. The van der Waals surface area contributed by atoms with Gasteiger partial charge in [-0.25, -0.2) is 0 Å². The summed E-state index contributed by atoms with van der Waals surface area (Å²) in [4.78, 5) is 0. The van der Waals surface area contributed by atoms with Crippen molar-refractivity contribution < 1.29 is 0 Å². The van der Waals surface area contributed by atoms with E-state index >= 15 is 0 Å². The van der Waals surface area contributed by atoms with Crippen LogP contribution in [0.15, 0.2) is 12.2 Å². The van der Waals surface area contributed by atoms with Crippen molar-refractivity contribution in [3.8, 4) is 6.07 Å². The van der Waals surface area contributed by atoms with Crippen LogP contribution in [0.5, 0.6) is 0 Å². The van der Waals surface area contributed by atoms with E-state index < -0.39 is 0 Å². The highest BCUT2D eigenvalue weighted by molar-refractivity contribution is 4.95. The number of allylic oxidation sites excluding steroid dienone is 2. The van der Waals surface area contributed by atoms with E-state index in [1.807, 2.05) is 0 Å². The van der Waals surface area contributed by atoms with E-state index in [4.69, 9.17) is 5.26 Å². The molecule has 10 heavy (non-hydrogen) atoms. The minimum Gasteiger partial charge on any atom is -0.304 e. The number of nitriles is 1. The molecular weight excluding hydrogens is 124 g/mol. The fourth-order valence-corrected chi connectivity index (χ4v) is 1.17. The summed E-state index contributed by atoms with van der Waals surface area (Å²) >= 11 is 0. The molecule has 0 aliphatic heterocycles. The molecule has 0 saturated heterocycles. The Balaban J connectivity index is 1.99. The topological polar surface area (TPSA) is 35.8 Å². The molecule has 0 heterocycles. The van der Waals surface area contributed by atoms with Gasteiger partial charge < -0.3 is 5.32 Å². The Bertz CT molecular complexity index is 147.